The van der Waals surface area contributed by atoms with Crippen LogP contribution in [0.5, 0.6) is 17.2 Å². The number of likely N-dealkylation sites (N-methyl/N-ethyl adjacent to an activating group) is 1. The summed E-state index contributed by atoms with van der Waals surface area (Å²) in [4.78, 5) is 4.97. The Labute approximate surface area is 186 Å². The molecule has 4 heteroatoms. The van der Waals surface area contributed by atoms with Gasteiger partial charge >= 0.3 is 0 Å². The third-order valence-corrected chi connectivity index (χ3v) is 5.79. The third kappa shape index (κ3) is 6.58. The van der Waals surface area contributed by atoms with Crippen molar-refractivity contribution in [2.45, 2.75) is 19.4 Å². The predicted molar refractivity (Wildman–Crippen MR) is 126 cm³/mol. The highest BCUT2D eigenvalue weighted by atomic mass is 16.5. The van der Waals surface area contributed by atoms with Crippen molar-refractivity contribution in [3.05, 3.63) is 90.0 Å². The summed E-state index contributed by atoms with van der Waals surface area (Å²) in [5.74, 6) is 2.62. The number of piperazine rings is 1. The molecular formula is C27H32N2O2. The highest BCUT2D eigenvalue weighted by molar-refractivity contribution is 5.39. The molecular weight excluding hydrogens is 384 g/mol. The Bertz CT molecular complexity index is 919. The Morgan fingerprint density at radius 1 is 0.742 bits per heavy atom. The highest BCUT2D eigenvalue weighted by Crippen LogP contribution is 2.28. The van der Waals surface area contributed by atoms with Gasteiger partial charge in [-0.05, 0) is 67.9 Å². The van der Waals surface area contributed by atoms with E-state index in [9.17, 15) is 0 Å². The van der Waals surface area contributed by atoms with E-state index < -0.39 is 0 Å². The van der Waals surface area contributed by atoms with Crippen LogP contribution in [0.1, 0.15) is 17.5 Å². The maximum atomic E-state index is 6.21. The minimum absolute atomic E-state index is 0.567. The molecule has 0 aromatic heterocycles. The number of para-hydroxylation sites is 1. The molecule has 4 rings (SSSR count). The van der Waals surface area contributed by atoms with E-state index in [-0.39, 0.29) is 0 Å². The van der Waals surface area contributed by atoms with Gasteiger partial charge in [0.2, 0.25) is 0 Å². The Hall–Kier alpha value is -2.82. The van der Waals surface area contributed by atoms with Crippen LogP contribution in [0.25, 0.3) is 0 Å². The zero-order chi connectivity index (χ0) is 21.3. The van der Waals surface area contributed by atoms with Crippen LogP contribution in [-0.4, -0.2) is 49.6 Å². The first-order valence-corrected chi connectivity index (χ1v) is 11.2. The number of hydrogen-bond acceptors (Lipinski definition) is 4. The van der Waals surface area contributed by atoms with E-state index in [1.54, 1.807) is 0 Å². The van der Waals surface area contributed by atoms with Crippen LogP contribution >= 0.6 is 0 Å². The van der Waals surface area contributed by atoms with Gasteiger partial charge < -0.3 is 19.3 Å². The van der Waals surface area contributed by atoms with Crippen molar-refractivity contribution in [2.24, 2.45) is 0 Å². The molecule has 3 aromatic carbocycles. The van der Waals surface area contributed by atoms with Gasteiger partial charge in [0, 0.05) is 26.2 Å². The minimum Gasteiger partial charge on any atom is -0.489 e. The predicted octanol–water partition coefficient (Wildman–Crippen LogP) is 5.24. The highest BCUT2D eigenvalue weighted by Gasteiger charge is 2.13. The fourth-order valence-corrected chi connectivity index (χ4v) is 3.85. The van der Waals surface area contributed by atoms with Crippen LogP contribution in [0, 0.1) is 0 Å². The zero-order valence-corrected chi connectivity index (χ0v) is 18.4. The molecule has 162 valence electrons. The van der Waals surface area contributed by atoms with Crippen molar-refractivity contribution in [3.8, 4) is 17.2 Å². The second-order valence-corrected chi connectivity index (χ2v) is 8.20. The van der Waals surface area contributed by atoms with Gasteiger partial charge in [0.25, 0.3) is 0 Å². The standard InChI is InChI=1S/C27H32N2O2/c1-28-18-20-29(21-19-28)17-7-11-24-10-5-6-12-27(24)31-26-15-13-25(14-16-26)30-22-23-8-3-2-4-9-23/h2-6,8-10,12-16H,7,11,17-22H2,1H3. The first-order chi connectivity index (χ1) is 15.3. The Morgan fingerprint density at radius 2 is 1.42 bits per heavy atom. The molecule has 1 heterocycles. The van der Waals surface area contributed by atoms with Crippen LogP contribution in [0.2, 0.25) is 0 Å². The maximum Gasteiger partial charge on any atom is 0.130 e. The lowest BCUT2D eigenvalue weighted by Gasteiger charge is -2.32. The van der Waals surface area contributed by atoms with Gasteiger partial charge in [0.1, 0.15) is 23.9 Å². The van der Waals surface area contributed by atoms with Crippen molar-refractivity contribution >= 4 is 0 Å². The molecule has 31 heavy (non-hydrogen) atoms. The fraction of sp³-hybridized carbons (Fsp3) is 0.333. The Kier molecular flexibility index (Phi) is 7.59. The summed E-state index contributed by atoms with van der Waals surface area (Å²) >= 11 is 0. The van der Waals surface area contributed by atoms with E-state index in [0.29, 0.717) is 6.61 Å². The van der Waals surface area contributed by atoms with E-state index in [4.69, 9.17) is 9.47 Å². The number of aryl methyl sites for hydroxylation is 1. The average molecular weight is 417 g/mol. The summed E-state index contributed by atoms with van der Waals surface area (Å²) in [6, 6.07) is 26.5. The van der Waals surface area contributed by atoms with Gasteiger partial charge in [0.15, 0.2) is 0 Å². The lowest BCUT2D eigenvalue weighted by Crippen LogP contribution is -2.44. The lowest BCUT2D eigenvalue weighted by atomic mass is 10.1. The summed E-state index contributed by atoms with van der Waals surface area (Å²) in [6.07, 6.45) is 2.18. The van der Waals surface area contributed by atoms with E-state index in [0.717, 1.165) is 42.2 Å². The molecule has 1 saturated heterocycles. The molecule has 0 unspecified atom stereocenters. The molecule has 1 fully saturated rings. The van der Waals surface area contributed by atoms with Crippen LogP contribution in [0.3, 0.4) is 0 Å². The molecule has 4 nitrogen and oxygen atoms in total. The van der Waals surface area contributed by atoms with Crippen molar-refractivity contribution < 1.29 is 9.47 Å². The molecule has 0 amide bonds. The van der Waals surface area contributed by atoms with Crippen LogP contribution < -0.4 is 9.47 Å². The maximum absolute atomic E-state index is 6.21. The molecule has 1 aliphatic heterocycles. The normalized spacial score (nSPS) is 15.0. The first kappa shape index (κ1) is 21.4. The number of rotatable bonds is 9. The van der Waals surface area contributed by atoms with Gasteiger partial charge in [-0.2, -0.15) is 0 Å². The quantitative estimate of drug-likeness (QED) is 0.476. The first-order valence-electron chi connectivity index (χ1n) is 11.2. The lowest BCUT2D eigenvalue weighted by molar-refractivity contribution is 0.153. The molecule has 0 saturated carbocycles. The number of benzene rings is 3. The van der Waals surface area contributed by atoms with Gasteiger partial charge in [0.05, 0.1) is 0 Å². The SMILES string of the molecule is CN1CCN(CCCc2ccccc2Oc2ccc(OCc3ccccc3)cc2)CC1. The fourth-order valence-electron chi connectivity index (χ4n) is 3.85. The second kappa shape index (κ2) is 11.0. The second-order valence-electron chi connectivity index (χ2n) is 8.20. The van der Waals surface area contributed by atoms with Gasteiger partial charge in [-0.3, -0.25) is 0 Å². The number of ether oxygens (including phenoxy) is 2. The zero-order valence-electron chi connectivity index (χ0n) is 18.4. The molecule has 0 spiro atoms. The average Bonchev–Trinajstić information content (AvgIpc) is 2.82. The smallest absolute Gasteiger partial charge is 0.130 e. The largest absolute Gasteiger partial charge is 0.489 e. The minimum atomic E-state index is 0.567. The molecule has 0 bridgehead atoms. The number of hydrogen-bond donors (Lipinski definition) is 0. The summed E-state index contributed by atoms with van der Waals surface area (Å²) in [7, 11) is 2.20. The van der Waals surface area contributed by atoms with Crippen molar-refractivity contribution in [3.63, 3.8) is 0 Å². The van der Waals surface area contributed by atoms with Crippen LogP contribution in [0.4, 0.5) is 0 Å². The number of nitrogens with zero attached hydrogens (tertiary/aromatic N) is 2. The van der Waals surface area contributed by atoms with Crippen molar-refractivity contribution in [1.29, 1.82) is 0 Å². The van der Waals surface area contributed by atoms with E-state index in [1.807, 2.05) is 48.5 Å². The molecule has 0 N–H and O–H groups in total. The van der Waals surface area contributed by atoms with E-state index in [2.05, 4.69) is 47.2 Å². The Morgan fingerprint density at radius 3 is 2.19 bits per heavy atom. The molecule has 0 atom stereocenters. The summed E-state index contributed by atoms with van der Waals surface area (Å²) in [5, 5.41) is 0. The van der Waals surface area contributed by atoms with Gasteiger partial charge in [-0.25, -0.2) is 0 Å². The third-order valence-electron chi connectivity index (χ3n) is 5.79. The summed E-state index contributed by atoms with van der Waals surface area (Å²) in [6.45, 7) is 6.41. The van der Waals surface area contributed by atoms with Crippen LogP contribution in [-0.2, 0) is 13.0 Å². The van der Waals surface area contributed by atoms with Crippen molar-refractivity contribution in [1.82, 2.24) is 9.80 Å². The van der Waals surface area contributed by atoms with Crippen molar-refractivity contribution in [2.75, 3.05) is 39.8 Å². The molecule has 1 aliphatic rings. The van der Waals surface area contributed by atoms with Crippen LogP contribution in [0.15, 0.2) is 78.9 Å². The summed E-state index contributed by atoms with van der Waals surface area (Å²) in [5.41, 5.74) is 2.43. The van der Waals surface area contributed by atoms with Gasteiger partial charge in [-0.1, -0.05) is 48.5 Å². The topological polar surface area (TPSA) is 24.9 Å². The molecule has 0 radical (unpaired) electrons. The van der Waals surface area contributed by atoms with E-state index >= 15 is 0 Å². The monoisotopic (exact) mass is 416 g/mol. The molecule has 0 aliphatic carbocycles. The van der Waals surface area contributed by atoms with Gasteiger partial charge in [-0.15, -0.1) is 0 Å². The van der Waals surface area contributed by atoms with E-state index in [1.165, 1.54) is 31.7 Å². The summed E-state index contributed by atoms with van der Waals surface area (Å²) < 4.78 is 12.1. The Balaban J connectivity index is 1.28. The molecule has 3 aromatic rings.